The van der Waals surface area contributed by atoms with E-state index in [1.165, 1.54) is 5.57 Å². The Morgan fingerprint density at radius 2 is 2.08 bits per heavy atom. The predicted molar refractivity (Wildman–Crippen MR) is 53.1 cm³/mol. The second kappa shape index (κ2) is 4.63. The van der Waals surface area contributed by atoms with E-state index in [0.717, 1.165) is 38.9 Å². The number of nitrogens with zero attached hydrogens (tertiary/aromatic N) is 1. The first-order valence-electron chi connectivity index (χ1n) is 4.87. The Balaban J connectivity index is 2.21. The first kappa shape index (κ1) is 9.75. The van der Waals surface area contributed by atoms with Crippen LogP contribution in [0, 0.1) is 0 Å². The van der Waals surface area contributed by atoms with Crippen LogP contribution in [0.25, 0.3) is 0 Å². The van der Waals surface area contributed by atoms with Gasteiger partial charge in [0.25, 0.3) is 0 Å². The highest BCUT2D eigenvalue weighted by Crippen LogP contribution is 2.10. The smallest absolute Gasteiger partial charge is 0.0190 e. The predicted octanol–water partition coefficient (Wildman–Crippen LogP) is 1.38. The summed E-state index contributed by atoms with van der Waals surface area (Å²) in [6.07, 6.45) is 3.40. The van der Waals surface area contributed by atoms with Crippen molar-refractivity contribution in [2.24, 2.45) is 5.73 Å². The number of nitrogens with two attached hydrogens (primary N) is 1. The maximum absolute atomic E-state index is 5.81. The van der Waals surface area contributed by atoms with Gasteiger partial charge >= 0.3 is 0 Å². The fraction of sp³-hybridized carbons (Fsp3) is 0.800. The van der Waals surface area contributed by atoms with E-state index in [1.54, 1.807) is 0 Å². The summed E-state index contributed by atoms with van der Waals surface area (Å²) in [4.78, 5) is 2.45. The van der Waals surface area contributed by atoms with E-state index in [4.69, 9.17) is 5.73 Å². The minimum absolute atomic E-state index is 0.441. The molecule has 1 rings (SSSR count). The van der Waals surface area contributed by atoms with Crippen LogP contribution in [0.15, 0.2) is 12.2 Å². The molecule has 0 saturated carbocycles. The molecule has 2 heteroatoms. The lowest BCUT2D eigenvalue weighted by Crippen LogP contribution is -2.40. The van der Waals surface area contributed by atoms with Crippen LogP contribution in [-0.2, 0) is 0 Å². The summed E-state index contributed by atoms with van der Waals surface area (Å²) < 4.78 is 0. The molecule has 1 fully saturated rings. The first-order chi connectivity index (χ1) is 5.72. The van der Waals surface area contributed by atoms with E-state index in [9.17, 15) is 0 Å². The summed E-state index contributed by atoms with van der Waals surface area (Å²) >= 11 is 0. The second-order valence-corrected chi connectivity index (χ2v) is 3.72. The van der Waals surface area contributed by atoms with Crippen molar-refractivity contribution >= 4 is 0 Å². The molecule has 1 saturated heterocycles. The number of rotatable bonds is 3. The highest BCUT2D eigenvalue weighted by Gasteiger charge is 2.15. The molecule has 2 N–H and O–H groups in total. The third-order valence-electron chi connectivity index (χ3n) is 2.58. The maximum atomic E-state index is 5.81. The molecule has 0 bridgehead atoms. The van der Waals surface area contributed by atoms with Crippen LogP contribution in [-0.4, -0.2) is 30.6 Å². The summed E-state index contributed by atoms with van der Waals surface area (Å²) in [7, 11) is 0. The molecule has 0 spiro atoms. The molecule has 0 amide bonds. The second-order valence-electron chi connectivity index (χ2n) is 3.72. The standard InChI is InChI=1S/C10H20N2/c1-3-9(2)8-12-6-4-10(11)5-7-12/h10H,2-8,11H2,1H3. The minimum Gasteiger partial charge on any atom is -0.328 e. The molecule has 2 nitrogen and oxygen atoms in total. The van der Waals surface area contributed by atoms with Crippen LogP contribution in [0.3, 0.4) is 0 Å². The fourth-order valence-electron chi connectivity index (χ4n) is 1.54. The summed E-state index contributed by atoms with van der Waals surface area (Å²) in [6, 6.07) is 0.441. The van der Waals surface area contributed by atoms with Crippen molar-refractivity contribution in [3.05, 3.63) is 12.2 Å². The van der Waals surface area contributed by atoms with Gasteiger partial charge in [0.1, 0.15) is 0 Å². The van der Waals surface area contributed by atoms with Crippen LogP contribution in [0.5, 0.6) is 0 Å². The molecule has 12 heavy (non-hydrogen) atoms. The molecular formula is C10H20N2. The minimum atomic E-state index is 0.441. The average molecular weight is 168 g/mol. The van der Waals surface area contributed by atoms with Crippen molar-refractivity contribution in [1.29, 1.82) is 0 Å². The third-order valence-corrected chi connectivity index (χ3v) is 2.58. The Labute approximate surface area is 75.4 Å². The Hall–Kier alpha value is -0.340. The van der Waals surface area contributed by atoms with Crippen LogP contribution >= 0.6 is 0 Å². The average Bonchev–Trinajstić information content (AvgIpc) is 2.09. The molecule has 0 aliphatic carbocycles. The Bertz CT molecular complexity index is 146. The fourth-order valence-corrected chi connectivity index (χ4v) is 1.54. The van der Waals surface area contributed by atoms with Crippen molar-refractivity contribution in [1.82, 2.24) is 4.90 Å². The first-order valence-corrected chi connectivity index (χ1v) is 4.87. The summed E-state index contributed by atoms with van der Waals surface area (Å²) in [5.41, 5.74) is 7.15. The zero-order valence-corrected chi connectivity index (χ0v) is 8.05. The largest absolute Gasteiger partial charge is 0.328 e. The van der Waals surface area contributed by atoms with Gasteiger partial charge in [-0.25, -0.2) is 0 Å². The molecule has 0 atom stereocenters. The van der Waals surface area contributed by atoms with Crippen molar-refractivity contribution in [2.75, 3.05) is 19.6 Å². The summed E-state index contributed by atoms with van der Waals surface area (Å²) in [5, 5.41) is 0. The molecular weight excluding hydrogens is 148 g/mol. The molecule has 0 unspecified atom stereocenters. The lowest BCUT2D eigenvalue weighted by molar-refractivity contribution is 0.228. The Kier molecular flexibility index (Phi) is 3.76. The van der Waals surface area contributed by atoms with Gasteiger partial charge < -0.3 is 5.73 Å². The van der Waals surface area contributed by atoms with Crippen molar-refractivity contribution in [2.45, 2.75) is 32.2 Å². The SMILES string of the molecule is C=C(CC)CN1CCC(N)CC1. The molecule has 1 heterocycles. The van der Waals surface area contributed by atoms with E-state index >= 15 is 0 Å². The lowest BCUT2D eigenvalue weighted by atomic mass is 10.1. The third kappa shape index (κ3) is 2.95. The van der Waals surface area contributed by atoms with Crippen molar-refractivity contribution in [3.8, 4) is 0 Å². The van der Waals surface area contributed by atoms with Gasteiger partial charge in [0.15, 0.2) is 0 Å². The van der Waals surface area contributed by atoms with E-state index in [0.29, 0.717) is 6.04 Å². The zero-order valence-electron chi connectivity index (χ0n) is 8.05. The Morgan fingerprint density at radius 3 is 2.58 bits per heavy atom. The van der Waals surface area contributed by atoms with Crippen LogP contribution < -0.4 is 5.73 Å². The molecule has 1 aliphatic rings. The van der Waals surface area contributed by atoms with Gasteiger partial charge in [-0.05, 0) is 32.4 Å². The van der Waals surface area contributed by atoms with Crippen LogP contribution in [0.1, 0.15) is 26.2 Å². The number of piperidine rings is 1. The van der Waals surface area contributed by atoms with Gasteiger partial charge in [-0.1, -0.05) is 19.1 Å². The van der Waals surface area contributed by atoms with Gasteiger partial charge in [0.05, 0.1) is 0 Å². The summed E-state index contributed by atoms with van der Waals surface area (Å²) in [5.74, 6) is 0. The van der Waals surface area contributed by atoms with Crippen LogP contribution in [0.2, 0.25) is 0 Å². The normalized spacial score (nSPS) is 21.2. The molecule has 0 aromatic rings. The van der Waals surface area contributed by atoms with Gasteiger partial charge in [-0.3, -0.25) is 4.90 Å². The summed E-state index contributed by atoms with van der Waals surface area (Å²) in [6.45, 7) is 9.56. The highest BCUT2D eigenvalue weighted by atomic mass is 15.1. The number of hydrogen-bond acceptors (Lipinski definition) is 2. The highest BCUT2D eigenvalue weighted by molar-refractivity contribution is 4.96. The quantitative estimate of drug-likeness (QED) is 0.645. The van der Waals surface area contributed by atoms with Gasteiger partial charge in [0, 0.05) is 12.6 Å². The molecule has 0 aromatic heterocycles. The molecule has 0 aromatic carbocycles. The number of hydrogen-bond donors (Lipinski definition) is 1. The van der Waals surface area contributed by atoms with Gasteiger partial charge in [0.2, 0.25) is 0 Å². The molecule has 1 aliphatic heterocycles. The van der Waals surface area contributed by atoms with Gasteiger partial charge in [-0.15, -0.1) is 0 Å². The van der Waals surface area contributed by atoms with E-state index in [1.807, 2.05) is 0 Å². The van der Waals surface area contributed by atoms with Gasteiger partial charge in [-0.2, -0.15) is 0 Å². The zero-order chi connectivity index (χ0) is 8.97. The Morgan fingerprint density at radius 1 is 1.50 bits per heavy atom. The molecule has 70 valence electrons. The monoisotopic (exact) mass is 168 g/mol. The van der Waals surface area contributed by atoms with E-state index < -0.39 is 0 Å². The maximum Gasteiger partial charge on any atom is 0.0190 e. The van der Waals surface area contributed by atoms with E-state index in [2.05, 4.69) is 18.4 Å². The topological polar surface area (TPSA) is 29.3 Å². The van der Waals surface area contributed by atoms with Crippen LogP contribution in [0.4, 0.5) is 0 Å². The van der Waals surface area contributed by atoms with Crippen molar-refractivity contribution in [3.63, 3.8) is 0 Å². The van der Waals surface area contributed by atoms with Crippen molar-refractivity contribution < 1.29 is 0 Å². The number of likely N-dealkylation sites (tertiary alicyclic amines) is 1. The molecule has 0 radical (unpaired) electrons. The van der Waals surface area contributed by atoms with E-state index in [-0.39, 0.29) is 0 Å². The lowest BCUT2D eigenvalue weighted by Gasteiger charge is -2.30.